The number of benzene rings is 2. The Bertz CT molecular complexity index is 938. The number of amides is 2. The van der Waals surface area contributed by atoms with E-state index in [4.69, 9.17) is 0 Å². The SMILES string of the molecule is CCN1C(=O)C(=O)c2cc(I)ccc21.CCN1C(=O)C(=O)c2cc(I)ccc21. The van der Waals surface area contributed by atoms with Crippen LogP contribution in [0, 0.1) is 7.14 Å². The summed E-state index contributed by atoms with van der Waals surface area (Å²) in [5.41, 5.74) is 2.54. The lowest BCUT2D eigenvalue weighted by molar-refractivity contribution is -0.114. The minimum absolute atomic E-state index is 0.389. The standard InChI is InChI=1S/2C10H8INO2/c2*1-2-12-8-4-3-6(11)5-7(8)9(13)10(12)14/h2*3-5H,2H2,1H3. The number of likely N-dealkylation sites (N-methyl/N-ethyl adjacent to an activating group) is 2. The third kappa shape index (κ3) is 3.59. The van der Waals surface area contributed by atoms with Crippen molar-refractivity contribution in [1.82, 2.24) is 0 Å². The highest BCUT2D eigenvalue weighted by atomic mass is 127. The molecule has 2 heterocycles. The zero-order valence-corrected chi connectivity index (χ0v) is 19.5. The summed E-state index contributed by atoms with van der Waals surface area (Å²) in [4.78, 5) is 49.0. The molecular weight excluding hydrogens is 586 g/mol. The van der Waals surface area contributed by atoms with Gasteiger partial charge in [-0.15, -0.1) is 0 Å². The Hall–Kier alpha value is -1.82. The van der Waals surface area contributed by atoms with Crippen LogP contribution in [0.15, 0.2) is 36.4 Å². The van der Waals surface area contributed by atoms with Crippen molar-refractivity contribution in [2.75, 3.05) is 22.9 Å². The average molecular weight is 602 g/mol. The van der Waals surface area contributed by atoms with E-state index in [1.807, 2.05) is 38.1 Å². The second-order valence-corrected chi connectivity index (χ2v) is 8.57. The number of halogens is 2. The maximum Gasteiger partial charge on any atom is 0.299 e. The fraction of sp³-hybridized carbons (Fsp3) is 0.200. The third-order valence-corrected chi connectivity index (χ3v) is 5.84. The van der Waals surface area contributed by atoms with E-state index in [-0.39, 0.29) is 11.6 Å². The molecule has 0 N–H and O–H groups in total. The van der Waals surface area contributed by atoms with Crippen LogP contribution in [-0.2, 0) is 9.59 Å². The topological polar surface area (TPSA) is 74.8 Å². The number of rotatable bonds is 2. The van der Waals surface area contributed by atoms with Gasteiger partial charge in [-0.05, 0) is 95.4 Å². The number of ketones is 2. The number of hydrogen-bond acceptors (Lipinski definition) is 4. The molecule has 0 unspecified atom stereocenters. The van der Waals surface area contributed by atoms with Crippen LogP contribution in [0.2, 0.25) is 0 Å². The van der Waals surface area contributed by atoms with Crippen LogP contribution < -0.4 is 9.80 Å². The lowest BCUT2D eigenvalue weighted by Crippen LogP contribution is -2.29. The molecule has 0 bridgehead atoms. The molecule has 0 fully saturated rings. The van der Waals surface area contributed by atoms with Crippen LogP contribution in [-0.4, -0.2) is 36.5 Å². The van der Waals surface area contributed by atoms with Gasteiger partial charge in [0.25, 0.3) is 23.4 Å². The summed E-state index contributed by atoms with van der Waals surface area (Å²) in [6, 6.07) is 11.0. The molecule has 0 saturated carbocycles. The zero-order valence-electron chi connectivity index (χ0n) is 15.2. The summed E-state index contributed by atoms with van der Waals surface area (Å²) in [5.74, 6) is -1.60. The smallest absolute Gasteiger partial charge is 0.299 e. The first kappa shape index (κ1) is 20.9. The third-order valence-electron chi connectivity index (χ3n) is 4.50. The highest BCUT2D eigenvalue weighted by molar-refractivity contribution is 14.1. The number of Topliss-reactive ketones (excluding diaryl/α,β-unsaturated/α-hetero) is 2. The molecule has 144 valence electrons. The molecule has 2 aromatic rings. The Labute approximate surface area is 189 Å². The van der Waals surface area contributed by atoms with Gasteiger partial charge >= 0.3 is 0 Å². The van der Waals surface area contributed by atoms with Crippen LogP contribution in [0.25, 0.3) is 0 Å². The van der Waals surface area contributed by atoms with E-state index in [9.17, 15) is 19.2 Å². The maximum absolute atomic E-state index is 11.5. The lowest BCUT2D eigenvalue weighted by atomic mass is 10.1. The second kappa shape index (κ2) is 8.27. The molecular formula is C20H16I2N2O4. The molecule has 0 atom stereocenters. The molecule has 28 heavy (non-hydrogen) atoms. The zero-order chi connectivity index (χ0) is 20.6. The van der Waals surface area contributed by atoms with Gasteiger partial charge in [0, 0.05) is 20.2 Å². The summed E-state index contributed by atoms with van der Waals surface area (Å²) in [6.07, 6.45) is 0. The first-order valence-corrected chi connectivity index (χ1v) is 10.8. The Morgan fingerprint density at radius 1 is 0.679 bits per heavy atom. The van der Waals surface area contributed by atoms with Crippen molar-refractivity contribution < 1.29 is 19.2 Å². The Balaban J connectivity index is 0.000000161. The van der Waals surface area contributed by atoms with Crippen LogP contribution in [0.1, 0.15) is 34.6 Å². The molecule has 0 aromatic heterocycles. The quantitative estimate of drug-likeness (QED) is 0.389. The van der Waals surface area contributed by atoms with Gasteiger partial charge in [-0.3, -0.25) is 19.2 Å². The molecule has 2 aliphatic rings. The van der Waals surface area contributed by atoms with Gasteiger partial charge in [0.1, 0.15) is 0 Å². The van der Waals surface area contributed by atoms with E-state index >= 15 is 0 Å². The Morgan fingerprint density at radius 2 is 1.04 bits per heavy atom. The predicted octanol–water partition coefficient (Wildman–Crippen LogP) is 3.68. The lowest BCUT2D eigenvalue weighted by Gasteiger charge is -2.12. The van der Waals surface area contributed by atoms with Gasteiger partial charge in [-0.1, -0.05) is 0 Å². The second-order valence-electron chi connectivity index (χ2n) is 6.08. The molecule has 6 nitrogen and oxygen atoms in total. The van der Waals surface area contributed by atoms with Crippen molar-refractivity contribution in [3.8, 4) is 0 Å². The van der Waals surface area contributed by atoms with E-state index in [1.54, 1.807) is 12.1 Å². The molecule has 0 saturated heterocycles. The van der Waals surface area contributed by atoms with Gasteiger partial charge in [0.2, 0.25) is 0 Å². The minimum atomic E-state index is -0.412. The van der Waals surface area contributed by atoms with Gasteiger partial charge < -0.3 is 9.80 Å². The van der Waals surface area contributed by atoms with Crippen molar-refractivity contribution in [3.05, 3.63) is 54.7 Å². The first-order valence-electron chi connectivity index (χ1n) is 8.61. The highest BCUT2D eigenvalue weighted by Gasteiger charge is 2.35. The Kier molecular flexibility index (Phi) is 6.18. The fourth-order valence-electron chi connectivity index (χ4n) is 3.17. The average Bonchev–Trinajstić information content (AvgIpc) is 3.06. The van der Waals surface area contributed by atoms with Crippen molar-refractivity contribution in [1.29, 1.82) is 0 Å². The van der Waals surface area contributed by atoms with Crippen molar-refractivity contribution in [3.63, 3.8) is 0 Å². The summed E-state index contributed by atoms with van der Waals surface area (Å²) >= 11 is 4.25. The number of nitrogens with zero attached hydrogens (tertiary/aromatic N) is 2. The number of anilines is 2. The van der Waals surface area contributed by atoms with Crippen molar-refractivity contribution in [2.24, 2.45) is 0 Å². The van der Waals surface area contributed by atoms with E-state index in [0.717, 1.165) is 18.5 Å². The summed E-state index contributed by atoms with van der Waals surface area (Å²) < 4.78 is 1.95. The minimum Gasteiger partial charge on any atom is -0.305 e. The van der Waals surface area contributed by atoms with Gasteiger partial charge in [-0.25, -0.2) is 0 Å². The normalized spacial score (nSPS) is 14.9. The summed E-state index contributed by atoms with van der Waals surface area (Å²) in [5, 5.41) is 0. The van der Waals surface area contributed by atoms with Gasteiger partial charge in [0.15, 0.2) is 0 Å². The monoisotopic (exact) mass is 602 g/mol. The number of carbonyl (C=O) groups excluding carboxylic acids is 4. The molecule has 2 aromatic carbocycles. The molecule has 8 heteroatoms. The highest BCUT2D eigenvalue weighted by Crippen LogP contribution is 2.30. The molecule has 0 radical (unpaired) electrons. The molecule has 2 amide bonds. The van der Waals surface area contributed by atoms with Crippen LogP contribution in [0.3, 0.4) is 0 Å². The van der Waals surface area contributed by atoms with Crippen molar-refractivity contribution in [2.45, 2.75) is 13.8 Å². The van der Waals surface area contributed by atoms with Gasteiger partial charge in [-0.2, -0.15) is 0 Å². The van der Waals surface area contributed by atoms with E-state index < -0.39 is 11.8 Å². The summed E-state index contributed by atoms with van der Waals surface area (Å²) in [7, 11) is 0. The van der Waals surface area contributed by atoms with Crippen LogP contribution >= 0.6 is 45.2 Å². The van der Waals surface area contributed by atoms with Crippen LogP contribution in [0.4, 0.5) is 11.4 Å². The fourth-order valence-corrected chi connectivity index (χ4v) is 4.16. The largest absolute Gasteiger partial charge is 0.305 e. The van der Waals surface area contributed by atoms with E-state index in [1.165, 1.54) is 9.80 Å². The number of carbonyl (C=O) groups is 4. The molecule has 2 aliphatic heterocycles. The molecule has 0 spiro atoms. The number of hydrogen-bond donors (Lipinski definition) is 0. The maximum atomic E-state index is 11.5. The predicted molar refractivity (Wildman–Crippen MR) is 123 cm³/mol. The number of fused-ring (bicyclic) bond motifs is 2. The Morgan fingerprint density at radius 3 is 1.36 bits per heavy atom. The summed E-state index contributed by atoms with van der Waals surface area (Å²) in [6.45, 7) is 4.80. The van der Waals surface area contributed by atoms with Gasteiger partial charge in [0.05, 0.1) is 22.5 Å². The van der Waals surface area contributed by atoms with E-state index in [2.05, 4.69) is 45.2 Å². The van der Waals surface area contributed by atoms with Crippen molar-refractivity contribution >= 4 is 79.9 Å². The van der Waals surface area contributed by atoms with E-state index in [0.29, 0.717) is 24.2 Å². The molecule has 4 rings (SSSR count). The van der Waals surface area contributed by atoms with Crippen LogP contribution in [0.5, 0.6) is 0 Å². The first-order chi connectivity index (χ1) is 13.3. The molecule has 0 aliphatic carbocycles.